The van der Waals surface area contributed by atoms with Crippen molar-refractivity contribution in [2.24, 2.45) is 12.0 Å². The summed E-state index contributed by atoms with van der Waals surface area (Å²) in [5, 5.41) is 11.2. The number of guanidine groups is 1. The monoisotopic (exact) mass is 560 g/mol. The van der Waals surface area contributed by atoms with Crippen LogP contribution < -0.4 is 15.5 Å². The predicted octanol–water partition coefficient (Wildman–Crippen LogP) is 3.57. The van der Waals surface area contributed by atoms with Crippen molar-refractivity contribution in [3.05, 3.63) is 46.7 Å². The van der Waals surface area contributed by atoms with Gasteiger partial charge in [-0.25, -0.2) is 0 Å². The number of nitrogens with one attached hydrogen (secondary N) is 2. The summed E-state index contributed by atoms with van der Waals surface area (Å²) < 4.78 is 2.97. The molecule has 1 unspecified atom stereocenters. The smallest absolute Gasteiger partial charge is 0.191 e. The van der Waals surface area contributed by atoms with Crippen molar-refractivity contribution in [1.82, 2.24) is 20.4 Å². The number of halogens is 2. The third-order valence-corrected chi connectivity index (χ3v) is 5.25. The minimum absolute atomic E-state index is 0. The van der Waals surface area contributed by atoms with E-state index in [0.717, 1.165) is 55.9 Å². The van der Waals surface area contributed by atoms with Crippen LogP contribution in [-0.2, 0) is 13.5 Å². The van der Waals surface area contributed by atoms with Gasteiger partial charge in [-0.2, -0.15) is 5.10 Å². The van der Waals surface area contributed by atoms with Crippen molar-refractivity contribution in [3.8, 4) is 0 Å². The molecular weight excluding hydrogens is 531 g/mol. The van der Waals surface area contributed by atoms with E-state index >= 15 is 0 Å². The molecule has 1 aliphatic heterocycles. The van der Waals surface area contributed by atoms with Crippen LogP contribution in [0.1, 0.15) is 25.3 Å². The van der Waals surface area contributed by atoms with Gasteiger partial charge in [0.05, 0.1) is 6.20 Å². The molecular formula is C20H30BrIN6. The standard InChI is InChI=1S/C20H29BrN6.HI/c1-3-22-20(23-11-4-5-16-13-24-26(2)14-16)25-18-10-12-27(15-18)19-8-6-17(21)7-9-19;/h6-9,13-14,18H,3-5,10-12,15H2,1-2H3,(H2,22,23,25);1H. The molecule has 0 radical (unpaired) electrons. The fourth-order valence-corrected chi connectivity index (χ4v) is 3.62. The van der Waals surface area contributed by atoms with Gasteiger partial charge in [0.2, 0.25) is 0 Å². The van der Waals surface area contributed by atoms with Crippen molar-refractivity contribution < 1.29 is 0 Å². The van der Waals surface area contributed by atoms with E-state index in [1.54, 1.807) is 0 Å². The van der Waals surface area contributed by atoms with E-state index in [1.807, 2.05) is 17.9 Å². The third-order valence-electron chi connectivity index (χ3n) is 4.72. The minimum atomic E-state index is 0. The Labute approximate surface area is 193 Å². The van der Waals surface area contributed by atoms with Crippen LogP contribution in [0.4, 0.5) is 5.69 Å². The first-order chi connectivity index (χ1) is 13.1. The first kappa shape index (κ1) is 23.0. The van der Waals surface area contributed by atoms with E-state index < -0.39 is 0 Å². The number of hydrogen-bond acceptors (Lipinski definition) is 3. The lowest BCUT2D eigenvalue weighted by molar-refractivity contribution is 0.647. The molecule has 1 aromatic heterocycles. The SMILES string of the molecule is CCNC(=NCCCc1cnn(C)c1)NC1CCN(c2ccc(Br)cc2)C1.I. The quantitative estimate of drug-likeness (QED) is 0.235. The molecule has 0 bridgehead atoms. The summed E-state index contributed by atoms with van der Waals surface area (Å²) in [6.45, 7) is 5.86. The molecule has 0 saturated carbocycles. The fourth-order valence-electron chi connectivity index (χ4n) is 3.35. The van der Waals surface area contributed by atoms with Crippen LogP contribution in [0.15, 0.2) is 46.1 Å². The van der Waals surface area contributed by atoms with Crippen molar-refractivity contribution in [1.29, 1.82) is 0 Å². The summed E-state index contributed by atoms with van der Waals surface area (Å²) in [7, 11) is 1.95. The summed E-state index contributed by atoms with van der Waals surface area (Å²) in [4.78, 5) is 7.18. The van der Waals surface area contributed by atoms with Gasteiger partial charge >= 0.3 is 0 Å². The molecule has 1 saturated heterocycles. The Balaban J connectivity index is 0.00000280. The Kier molecular flexibility index (Phi) is 9.57. The molecule has 0 aliphatic carbocycles. The lowest BCUT2D eigenvalue weighted by atomic mass is 10.2. The van der Waals surface area contributed by atoms with Gasteiger partial charge in [-0.1, -0.05) is 15.9 Å². The van der Waals surface area contributed by atoms with Crippen LogP contribution >= 0.6 is 39.9 Å². The van der Waals surface area contributed by atoms with Crippen molar-refractivity contribution in [2.45, 2.75) is 32.2 Å². The Morgan fingerprint density at radius 3 is 2.79 bits per heavy atom. The van der Waals surface area contributed by atoms with Crippen LogP contribution in [0, 0.1) is 0 Å². The molecule has 1 atom stereocenters. The van der Waals surface area contributed by atoms with Gasteiger partial charge in [0.25, 0.3) is 0 Å². The van der Waals surface area contributed by atoms with Crippen LogP contribution in [0.3, 0.4) is 0 Å². The van der Waals surface area contributed by atoms with E-state index in [0.29, 0.717) is 6.04 Å². The second kappa shape index (κ2) is 11.6. The number of nitrogens with zero attached hydrogens (tertiary/aromatic N) is 4. The zero-order valence-corrected chi connectivity index (χ0v) is 20.5. The van der Waals surface area contributed by atoms with Gasteiger partial charge in [-0.15, -0.1) is 24.0 Å². The molecule has 2 N–H and O–H groups in total. The summed E-state index contributed by atoms with van der Waals surface area (Å²) in [5.41, 5.74) is 2.55. The van der Waals surface area contributed by atoms with Crippen molar-refractivity contribution >= 4 is 51.6 Å². The van der Waals surface area contributed by atoms with Gasteiger partial charge < -0.3 is 15.5 Å². The molecule has 2 heterocycles. The highest BCUT2D eigenvalue weighted by Crippen LogP contribution is 2.22. The number of aryl methyl sites for hydroxylation is 2. The topological polar surface area (TPSA) is 57.5 Å². The third kappa shape index (κ3) is 6.95. The molecule has 6 nitrogen and oxygen atoms in total. The molecule has 3 rings (SSSR count). The molecule has 28 heavy (non-hydrogen) atoms. The van der Waals surface area contributed by atoms with Crippen molar-refractivity contribution in [2.75, 3.05) is 31.1 Å². The predicted molar refractivity (Wildman–Crippen MR) is 131 cm³/mol. The van der Waals surface area contributed by atoms with Gasteiger partial charge in [0, 0.05) is 55.6 Å². The zero-order chi connectivity index (χ0) is 19.1. The lowest BCUT2D eigenvalue weighted by Crippen LogP contribution is -2.44. The molecule has 1 aliphatic rings. The van der Waals surface area contributed by atoms with Crippen LogP contribution in [-0.4, -0.2) is 48.0 Å². The van der Waals surface area contributed by atoms with E-state index in [-0.39, 0.29) is 24.0 Å². The van der Waals surface area contributed by atoms with E-state index in [4.69, 9.17) is 4.99 Å². The highest BCUT2D eigenvalue weighted by Gasteiger charge is 2.23. The van der Waals surface area contributed by atoms with Crippen LogP contribution in [0.2, 0.25) is 0 Å². The second-order valence-electron chi connectivity index (χ2n) is 6.94. The number of benzene rings is 1. The van der Waals surface area contributed by atoms with Crippen LogP contribution in [0.25, 0.3) is 0 Å². The van der Waals surface area contributed by atoms with Gasteiger partial charge in [-0.05, 0) is 56.0 Å². The summed E-state index contributed by atoms with van der Waals surface area (Å²) in [6.07, 6.45) is 7.16. The normalized spacial score (nSPS) is 16.8. The highest BCUT2D eigenvalue weighted by atomic mass is 127. The highest BCUT2D eigenvalue weighted by molar-refractivity contribution is 14.0. The molecule has 0 spiro atoms. The molecule has 2 aromatic rings. The van der Waals surface area contributed by atoms with E-state index in [2.05, 4.69) is 73.9 Å². The number of aromatic nitrogens is 2. The Bertz CT molecular complexity index is 745. The second-order valence-corrected chi connectivity index (χ2v) is 7.85. The molecule has 1 aromatic carbocycles. The summed E-state index contributed by atoms with van der Waals surface area (Å²) >= 11 is 3.50. The maximum absolute atomic E-state index is 4.75. The average molecular weight is 561 g/mol. The molecule has 154 valence electrons. The average Bonchev–Trinajstić information content (AvgIpc) is 3.28. The molecule has 8 heteroatoms. The Morgan fingerprint density at radius 2 is 2.11 bits per heavy atom. The summed E-state index contributed by atoms with van der Waals surface area (Å²) in [5.74, 6) is 0.923. The van der Waals surface area contributed by atoms with Gasteiger partial charge in [0.1, 0.15) is 0 Å². The fraction of sp³-hybridized carbons (Fsp3) is 0.500. The van der Waals surface area contributed by atoms with E-state index in [9.17, 15) is 0 Å². The summed E-state index contributed by atoms with van der Waals surface area (Å²) in [6, 6.07) is 8.96. The lowest BCUT2D eigenvalue weighted by Gasteiger charge is -2.20. The number of anilines is 1. The maximum atomic E-state index is 4.75. The zero-order valence-electron chi connectivity index (χ0n) is 16.6. The largest absolute Gasteiger partial charge is 0.369 e. The Hall–Kier alpha value is -1.29. The number of rotatable bonds is 7. The van der Waals surface area contributed by atoms with Crippen LogP contribution in [0.5, 0.6) is 0 Å². The molecule has 1 fully saturated rings. The first-order valence-electron chi connectivity index (χ1n) is 9.67. The van der Waals surface area contributed by atoms with Crippen molar-refractivity contribution in [3.63, 3.8) is 0 Å². The molecule has 0 amide bonds. The van der Waals surface area contributed by atoms with Gasteiger partial charge in [-0.3, -0.25) is 9.67 Å². The maximum Gasteiger partial charge on any atom is 0.191 e. The number of hydrogen-bond donors (Lipinski definition) is 2. The van der Waals surface area contributed by atoms with E-state index in [1.165, 1.54) is 11.3 Å². The number of aliphatic imine (C=N–C) groups is 1. The van der Waals surface area contributed by atoms with Gasteiger partial charge in [0.15, 0.2) is 5.96 Å². The minimum Gasteiger partial charge on any atom is -0.369 e. The Morgan fingerprint density at radius 1 is 1.32 bits per heavy atom. The first-order valence-corrected chi connectivity index (χ1v) is 10.5.